The number of benzene rings is 1. The van der Waals surface area contributed by atoms with Gasteiger partial charge in [-0.2, -0.15) is 0 Å². The molecule has 2 unspecified atom stereocenters. The van der Waals surface area contributed by atoms with Crippen LogP contribution in [0.5, 0.6) is 11.5 Å². The van der Waals surface area contributed by atoms with Crippen LogP contribution in [0, 0.1) is 0 Å². The minimum Gasteiger partial charge on any atom is -0.493 e. The molecule has 0 spiro atoms. The number of fused-ring (bicyclic) bond motifs is 1. The van der Waals surface area contributed by atoms with Crippen LogP contribution in [0.3, 0.4) is 0 Å². The van der Waals surface area contributed by atoms with Gasteiger partial charge in [-0.25, -0.2) is 0 Å². The fourth-order valence-electron chi connectivity index (χ4n) is 3.69. The fraction of sp³-hybridized carbons (Fsp3) is 0.476. The Bertz CT molecular complexity index is 668. The quantitative estimate of drug-likeness (QED) is 0.578. The first-order valence-electron chi connectivity index (χ1n) is 9.25. The van der Waals surface area contributed by atoms with Crippen LogP contribution in [0.15, 0.2) is 36.9 Å². The Morgan fingerprint density at radius 2 is 2.19 bits per heavy atom. The van der Waals surface area contributed by atoms with Gasteiger partial charge in [0.25, 0.3) is 0 Å². The van der Waals surface area contributed by atoms with Gasteiger partial charge in [-0.05, 0) is 36.6 Å². The average Bonchev–Trinajstić information content (AvgIpc) is 2.70. The molecule has 0 radical (unpaired) electrons. The number of rotatable bonds is 6. The number of ether oxygens (including phenoxy) is 3. The van der Waals surface area contributed by atoms with Crippen LogP contribution in [0.4, 0.5) is 0 Å². The van der Waals surface area contributed by atoms with Crippen LogP contribution >= 0.6 is 0 Å². The number of carbonyl (C=O) groups excluding carboxylic acids is 1. The summed E-state index contributed by atoms with van der Waals surface area (Å²) in [6, 6.07) is 5.84. The lowest BCUT2D eigenvalue weighted by atomic mass is 9.90. The summed E-state index contributed by atoms with van der Waals surface area (Å²) < 4.78 is 16.8. The van der Waals surface area contributed by atoms with Gasteiger partial charge in [-0.1, -0.05) is 31.6 Å². The van der Waals surface area contributed by atoms with Crippen molar-refractivity contribution in [2.24, 2.45) is 0 Å². The minimum atomic E-state index is 0.0520. The van der Waals surface area contributed by atoms with Crippen molar-refractivity contribution in [3.8, 4) is 11.5 Å². The van der Waals surface area contributed by atoms with Gasteiger partial charge >= 0.3 is 0 Å². The van der Waals surface area contributed by atoms with E-state index in [0.29, 0.717) is 31.3 Å². The minimum absolute atomic E-state index is 0.0520. The maximum Gasteiger partial charge on any atom is 0.246 e. The molecule has 2 fully saturated rings. The second-order valence-electron chi connectivity index (χ2n) is 6.64. The third-order valence-electron chi connectivity index (χ3n) is 4.98. The molecule has 0 bridgehead atoms. The molecule has 1 saturated carbocycles. The van der Waals surface area contributed by atoms with Gasteiger partial charge in [0, 0.05) is 12.6 Å². The van der Waals surface area contributed by atoms with E-state index in [9.17, 15) is 4.79 Å². The predicted molar refractivity (Wildman–Crippen MR) is 101 cm³/mol. The second-order valence-corrected chi connectivity index (χ2v) is 6.64. The van der Waals surface area contributed by atoms with Crippen LogP contribution in [-0.4, -0.2) is 49.8 Å². The molecule has 2 atom stereocenters. The zero-order chi connectivity index (χ0) is 18.4. The number of hydrogen-bond acceptors (Lipinski definition) is 4. The molecule has 3 rings (SSSR count). The molecule has 1 aliphatic heterocycles. The molecule has 1 heterocycles. The fourth-order valence-corrected chi connectivity index (χ4v) is 3.69. The third kappa shape index (κ3) is 4.28. The van der Waals surface area contributed by atoms with Crippen LogP contribution in [-0.2, 0) is 9.53 Å². The number of methoxy groups -OCH3 is 1. The zero-order valence-electron chi connectivity index (χ0n) is 15.4. The van der Waals surface area contributed by atoms with Gasteiger partial charge in [-0.15, -0.1) is 0 Å². The molecular formula is C21H27NO4. The van der Waals surface area contributed by atoms with Crippen molar-refractivity contribution in [1.29, 1.82) is 0 Å². The van der Waals surface area contributed by atoms with Crippen molar-refractivity contribution in [2.45, 2.75) is 37.8 Å². The number of carbonyl (C=O) groups is 1. The van der Waals surface area contributed by atoms with E-state index in [1.165, 1.54) is 12.8 Å². The summed E-state index contributed by atoms with van der Waals surface area (Å²) in [5.41, 5.74) is 0.898. The predicted octanol–water partition coefficient (Wildman–Crippen LogP) is 3.44. The Balaban J connectivity index is 1.68. The van der Waals surface area contributed by atoms with Gasteiger partial charge in [0.1, 0.15) is 6.61 Å². The van der Waals surface area contributed by atoms with Crippen LogP contribution in [0.2, 0.25) is 0 Å². The van der Waals surface area contributed by atoms with E-state index in [0.717, 1.165) is 18.4 Å². The summed E-state index contributed by atoms with van der Waals surface area (Å²) in [7, 11) is 1.60. The molecule has 1 saturated heterocycles. The van der Waals surface area contributed by atoms with Crippen molar-refractivity contribution < 1.29 is 19.0 Å². The van der Waals surface area contributed by atoms with Gasteiger partial charge in [0.05, 0.1) is 25.9 Å². The smallest absolute Gasteiger partial charge is 0.246 e. The Kier molecular flexibility index (Phi) is 6.34. The summed E-state index contributed by atoms with van der Waals surface area (Å²) in [5, 5.41) is 0. The normalized spacial score (nSPS) is 22.7. The first kappa shape index (κ1) is 18.5. The molecule has 140 valence electrons. The first-order chi connectivity index (χ1) is 12.7. The van der Waals surface area contributed by atoms with Crippen LogP contribution < -0.4 is 9.47 Å². The second kappa shape index (κ2) is 8.90. The molecule has 1 aromatic carbocycles. The number of morpholine rings is 1. The summed E-state index contributed by atoms with van der Waals surface area (Å²) in [6.07, 6.45) is 9.82. The van der Waals surface area contributed by atoms with Crippen molar-refractivity contribution in [3.05, 3.63) is 42.5 Å². The molecule has 1 aliphatic carbocycles. The van der Waals surface area contributed by atoms with E-state index in [2.05, 4.69) is 6.58 Å². The maximum atomic E-state index is 12.7. The van der Waals surface area contributed by atoms with E-state index >= 15 is 0 Å². The lowest BCUT2D eigenvalue weighted by molar-refractivity contribution is -0.144. The summed E-state index contributed by atoms with van der Waals surface area (Å²) in [5.74, 6) is 1.35. The van der Waals surface area contributed by atoms with E-state index < -0.39 is 0 Å². The molecule has 5 nitrogen and oxygen atoms in total. The number of hydrogen-bond donors (Lipinski definition) is 0. The molecule has 1 aromatic rings. The van der Waals surface area contributed by atoms with Gasteiger partial charge in [-0.3, -0.25) is 4.79 Å². The zero-order valence-corrected chi connectivity index (χ0v) is 15.4. The van der Waals surface area contributed by atoms with E-state index in [1.807, 2.05) is 29.2 Å². The van der Waals surface area contributed by atoms with Crippen molar-refractivity contribution in [3.63, 3.8) is 0 Å². The Morgan fingerprint density at radius 1 is 1.35 bits per heavy atom. The maximum absolute atomic E-state index is 12.7. The Hall–Kier alpha value is -2.27. The standard InChI is InChI=1S/C21H27NO4/c1-3-13-25-19-10-8-16(15-20(19)24-2)9-11-21(23)22-12-14-26-18-7-5-4-6-17(18)22/h3,8-11,15,17-18H,1,4-7,12-14H2,2H3/b11-9+. The summed E-state index contributed by atoms with van der Waals surface area (Å²) >= 11 is 0. The summed E-state index contributed by atoms with van der Waals surface area (Å²) in [6.45, 7) is 5.36. The molecule has 1 amide bonds. The Labute approximate surface area is 155 Å². The highest BCUT2D eigenvalue weighted by atomic mass is 16.5. The molecule has 2 aliphatic rings. The van der Waals surface area contributed by atoms with Crippen molar-refractivity contribution >= 4 is 12.0 Å². The van der Waals surface area contributed by atoms with Gasteiger partial charge in [0.15, 0.2) is 11.5 Å². The largest absolute Gasteiger partial charge is 0.493 e. The highest BCUT2D eigenvalue weighted by molar-refractivity contribution is 5.92. The van der Waals surface area contributed by atoms with Gasteiger partial charge < -0.3 is 19.1 Å². The highest BCUT2D eigenvalue weighted by Crippen LogP contribution is 2.30. The van der Waals surface area contributed by atoms with E-state index in [4.69, 9.17) is 14.2 Å². The Morgan fingerprint density at radius 3 is 3.00 bits per heavy atom. The average molecular weight is 357 g/mol. The molecular weight excluding hydrogens is 330 g/mol. The molecule has 5 heteroatoms. The molecule has 26 heavy (non-hydrogen) atoms. The highest BCUT2D eigenvalue weighted by Gasteiger charge is 2.35. The monoisotopic (exact) mass is 357 g/mol. The summed E-state index contributed by atoms with van der Waals surface area (Å²) in [4.78, 5) is 14.7. The first-order valence-corrected chi connectivity index (χ1v) is 9.25. The molecule has 0 N–H and O–H groups in total. The lowest BCUT2D eigenvalue weighted by Crippen LogP contribution is -2.54. The number of nitrogens with zero attached hydrogens (tertiary/aromatic N) is 1. The van der Waals surface area contributed by atoms with Crippen LogP contribution in [0.1, 0.15) is 31.2 Å². The van der Waals surface area contributed by atoms with E-state index in [1.54, 1.807) is 19.3 Å². The lowest BCUT2D eigenvalue weighted by Gasteiger charge is -2.43. The third-order valence-corrected chi connectivity index (χ3v) is 4.98. The van der Waals surface area contributed by atoms with E-state index in [-0.39, 0.29) is 18.1 Å². The van der Waals surface area contributed by atoms with Crippen molar-refractivity contribution in [1.82, 2.24) is 4.90 Å². The number of amides is 1. The topological polar surface area (TPSA) is 48.0 Å². The SMILES string of the molecule is C=CCOc1ccc(/C=C/C(=O)N2CCOC3CCCCC32)cc1OC. The van der Waals surface area contributed by atoms with Gasteiger partial charge in [0.2, 0.25) is 5.91 Å². The van der Waals surface area contributed by atoms with Crippen molar-refractivity contribution in [2.75, 3.05) is 26.9 Å². The van der Waals surface area contributed by atoms with Crippen LogP contribution in [0.25, 0.3) is 6.08 Å². The molecule has 0 aromatic heterocycles.